The van der Waals surface area contributed by atoms with Gasteiger partial charge in [0.05, 0.1) is 26.5 Å². The van der Waals surface area contributed by atoms with E-state index >= 15 is 0 Å². The number of anilines is 1. The van der Waals surface area contributed by atoms with Crippen LogP contribution in [0.4, 0.5) is 11.4 Å². The lowest BCUT2D eigenvalue weighted by Gasteiger charge is -2.32. The van der Waals surface area contributed by atoms with Crippen molar-refractivity contribution in [2.24, 2.45) is 4.99 Å². The van der Waals surface area contributed by atoms with Gasteiger partial charge in [-0.05, 0) is 54.1 Å². The van der Waals surface area contributed by atoms with E-state index in [1.807, 2.05) is 54.6 Å². The van der Waals surface area contributed by atoms with E-state index in [0.29, 0.717) is 28.8 Å². The summed E-state index contributed by atoms with van der Waals surface area (Å²) in [4.78, 5) is 32.5. The summed E-state index contributed by atoms with van der Waals surface area (Å²) in [6.45, 7) is 0.355. The molecule has 0 aromatic heterocycles. The highest BCUT2D eigenvalue weighted by atomic mass is 32.2. The zero-order valence-corrected chi connectivity index (χ0v) is 19.7. The number of hydrogen-bond acceptors (Lipinski definition) is 6. The minimum atomic E-state index is -0.593. The Morgan fingerprint density at radius 2 is 1.59 bits per heavy atom. The van der Waals surface area contributed by atoms with Gasteiger partial charge in [-0.1, -0.05) is 42.1 Å². The van der Waals surface area contributed by atoms with Crippen molar-refractivity contribution in [3.63, 3.8) is 0 Å². The molecule has 4 rings (SSSR count). The molecule has 8 heteroatoms. The number of thioether (sulfide) groups is 1. The second-order valence-corrected chi connectivity index (χ2v) is 8.76. The van der Waals surface area contributed by atoms with Crippen LogP contribution in [0.1, 0.15) is 12.0 Å². The van der Waals surface area contributed by atoms with Crippen molar-refractivity contribution >= 4 is 40.1 Å². The molecule has 2 amide bonds. The first kappa shape index (κ1) is 23.4. The predicted molar refractivity (Wildman–Crippen MR) is 135 cm³/mol. The zero-order chi connectivity index (χ0) is 23.9. The molecule has 34 heavy (non-hydrogen) atoms. The summed E-state index contributed by atoms with van der Waals surface area (Å²) in [5.74, 6) is 1.05. The first-order valence-corrected chi connectivity index (χ1v) is 11.6. The summed E-state index contributed by atoms with van der Waals surface area (Å²) in [5, 5.41) is 2.79. The number of rotatable bonds is 7. The fourth-order valence-corrected chi connectivity index (χ4v) is 4.52. The fraction of sp³-hybridized carbons (Fsp3) is 0.192. The lowest BCUT2D eigenvalue weighted by molar-refractivity contribution is -0.129. The van der Waals surface area contributed by atoms with Crippen molar-refractivity contribution in [1.29, 1.82) is 0 Å². The van der Waals surface area contributed by atoms with Crippen LogP contribution in [0.5, 0.6) is 11.5 Å². The quantitative estimate of drug-likeness (QED) is 0.528. The number of carbonyl (C=O) groups excluding carboxylic acids is 2. The number of amidine groups is 1. The Kier molecular flexibility index (Phi) is 7.49. The second kappa shape index (κ2) is 10.9. The molecule has 1 N–H and O–H groups in total. The van der Waals surface area contributed by atoms with Gasteiger partial charge in [-0.15, -0.1) is 0 Å². The van der Waals surface area contributed by atoms with Crippen LogP contribution in [-0.2, 0) is 16.1 Å². The van der Waals surface area contributed by atoms with E-state index in [-0.39, 0.29) is 18.2 Å². The second-order valence-electron chi connectivity index (χ2n) is 7.59. The van der Waals surface area contributed by atoms with Crippen LogP contribution < -0.4 is 14.8 Å². The highest BCUT2D eigenvalue weighted by Crippen LogP contribution is 2.31. The average Bonchev–Trinajstić information content (AvgIpc) is 2.87. The third kappa shape index (κ3) is 5.77. The monoisotopic (exact) mass is 475 g/mol. The van der Waals surface area contributed by atoms with Gasteiger partial charge in [0.1, 0.15) is 16.7 Å². The molecule has 174 valence electrons. The number of nitrogens with zero attached hydrogens (tertiary/aromatic N) is 2. The minimum Gasteiger partial charge on any atom is -0.497 e. The van der Waals surface area contributed by atoms with E-state index in [1.165, 1.54) is 11.8 Å². The zero-order valence-electron chi connectivity index (χ0n) is 18.9. The molecule has 0 bridgehead atoms. The molecule has 0 radical (unpaired) electrons. The van der Waals surface area contributed by atoms with Gasteiger partial charge in [-0.3, -0.25) is 14.5 Å². The van der Waals surface area contributed by atoms with Gasteiger partial charge >= 0.3 is 0 Å². The number of aliphatic imine (C=N–C) groups is 1. The van der Waals surface area contributed by atoms with Crippen LogP contribution in [-0.4, -0.2) is 41.4 Å². The van der Waals surface area contributed by atoms with E-state index in [1.54, 1.807) is 43.4 Å². The van der Waals surface area contributed by atoms with E-state index in [2.05, 4.69) is 5.32 Å². The number of amides is 2. The first-order chi connectivity index (χ1) is 16.6. The molecule has 0 spiro atoms. The van der Waals surface area contributed by atoms with Crippen LogP contribution in [0.2, 0.25) is 0 Å². The SMILES string of the molecule is COc1ccc(CN2C(=O)CC(C(=O)Nc3ccc(OC)cc3)SC2=Nc2ccccc2)cc1. The van der Waals surface area contributed by atoms with E-state index in [0.717, 1.165) is 11.3 Å². The number of hydrogen-bond donors (Lipinski definition) is 1. The third-order valence-electron chi connectivity index (χ3n) is 5.27. The van der Waals surface area contributed by atoms with Gasteiger partial charge in [0.15, 0.2) is 5.17 Å². The minimum absolute atomic E-state index is 0.0800. The molecule has 3 aromatic rings. The summed E-state index contributed by atoms with van der Waals surface area (Å²) in [6, 6.07) is 24.0. The van der Waals surface area contributed by atoms with Crippen LogP contribution in [0.15, 0.2) is 83.9 Å². The van der Waals surface area contributed by atoms with Crippen molar-refractivity contribution in [2.45, 2.75) is 18.2 Å². The Morgan fingerprint density at radius 3 is 2.21 bits per heavy atom. The van der Waals surface area contributed by atoms with Gasteiger partial charge < -0.3 is 14.8 Å². The summed E-state index contributed by atoms with van der Waals surface area (Å²) in [6.07, 6.45) is 0.0800. The number of nitrogens with one attached hydrogen (secondary N) is 1. The highest BCUT2D eigenvalue weighted by molar-refractivity contribution is 8.15. The molecule has 1 aliphatic heterocycles. The Bertz CT molecular complexity index is 1160. The number of benzene rings is 3. The number of methoxy groups -OCH3 is 2. The largest absolute Gasteiger partial charge is 0.497 e. The van der Waals surface area contributed by atoms with Crippen molar-refractivity contribution in [3.05, 3.63) is 84.4 Å². The number of para-hydroxylation sites is 1. The van der Waals surface area contributed by atoms with Crippen LogP contribution in [0, 0.1) is 0 Å². The maximum absolute atomic E-state index is 13.2. The molecule has 0 saturated carbocycles. The van der Waals surface area contributed by atoms with E-state index in [9.17, 15) is 9.59 Å². The van der Waals surface area contributed by atoms with Crippen molar-refractivity contribution in [3.8, 4) is 11.5 Å². The topological polar surface area (TPSA) is 80.2 Å². The third-order valence-corrected chi connectivity index (χ3v) is 6.46. The molecule has 1 unspecified atom stereocenters. The molecule has 7 nitrogen and oxygen atoms in total. The molecular weight excluding hydrogens is 450 g/mol. The van der Waals surface area contributed by atoms with Crippen LogP contribution >= 0.6 is 11.8 Å². The molecular formula is C26H25N3O4S. The van der Waals surface area contributed by atoms with Gasteiger partial charge in [-0.2, -0.15) is 0 Å². The summed E-state index contributed by atoms with van der Waals surface area (Å²) >= 11 is 1.29. The normalized spacial score (nSPS) is 16.9. The molecule has 1 heterocycles. The highest BCUT2D eigenvalue weighted by Gasteiger charge is 2.36. The Morgan fingerprint density at radius 1 is 0.971 bits per heavy atom. The summed E-state index contributed by atoms with van der Waals surface area (Å²) in [5.41, 5.74) is 2.30. The molecule has 0 aliphatic carbocycles. The van der Waals surface area contributed by atoms with Gasteiger partial charge in [0.25, 0.3) is 0 Å². The van der Waals surface area contributed by atoms with Gasteiger partial charge in [0.2, 0.25) is 11.8 Å². The molecule has 1 aliphatic rings. The Hall–Kier alpha value is -3.78. The average molecular weight is 476 g/mol. The summed E-state index contributed by atoms with van der Waals surface area (Å²) < 4.78 is 10.4. The Balaban J connectivity index is 1.55. The number of ether oxygens (including phenoxy) is 2. The van der Waals surface area contributed by atoms with Gasteiger partial charge in [-0.25, -0.2) is 4.99 Å². The standard InChI is InChI=1S/C26H25N3O4S/c1-32-21-12-8-18(9-13-21)17-29-24(30)16-23(34-26(29)28-19-6-4-3-5-7-19)25(31)27-20-10-14-22(33-2)15-11-20/h3-15,23H,16-17H2,1-2H3,(H,27,31). The van der Waals surface area contributed by atoms with Crippen molar-refractivity contribution < 1.29 is 19.1 Å². The maximum atomic E-state index is 13.2. The fourth-order valence-electron chi connectivity index (χ4n) is 3.42. The van der Waals surface area contributed by atoms with E-state index < -0.39 is 5.25 Å². The first-order valence-electron chi connectivity index (χ1n) is 10.7. The molecule has 1 atom stereocenters. The summed E-state index contributed by atoms with van der Waals surface area (Å²) in [7, 11) is 3.20. The Labute approximate surface area is 202 Å². The van der Waals surface area contributed by atoms with Gasteiger partial charge in [0, 0.05) is 12.1 Å². The predicted octanol–water partition coefficient (Wildman–Crippen LogP) is 4.86. The van der Waals surface area contributed by atoms with Crippen molar-refractivity contribution in [1.82, 2.24) is 4.90 Å². The molecule has 1 fully saturated rings. The van der Waals surface area contributed by atoms with Crippen LogP contribution in [0.3, 0.4) is 0 Å². The molecule has 1 saturated heterocycles. The number of carbonyl (C=O) groups is 2. The van der Waals surface area contributed by atoms with Crippen molar-refractivity contribution in [2.75, 3.05) is 19.5 Å². The smallest absolute Gasteiger partial charge is 0.238 e. The molecule has 3 aromatic carbocycles. The lowest BCUT2D eigenvalue weighted by Crippen LogP contribution is -2.44. The maximum Gasteiger partial charge on any atom is 0.238 e. The lowest BCUT2D eigenvalue weighted by atomic mass is 10.2. The van der Waals surface area contributed by atoms with Crippen LogP contribution in [0.25, 0.3) is 0 Å². The van der Waals surface area contributed by atoms with E-state index in [4.69, 9.17) is 14.5 Å².